The van der Waals surface area contributed by atoms with Gasteiger partial charge in [-0.2, -0.15) is 0 Å². The van der Waals surface area contributed by atoms with Crippen LogP contribution in [-0.4, -0.2) is 40.8 Å². The predicted octanol–water partition coefficient (Wildman–Crippen LogP) is 1.49. The van der Waals surface area contributed by atoms with E-state index in [1.807, 2.05) is 11.8 Å². The summed E-state index contributed by atoms with van der Waals surface area (Å²) in [4.78, 5) is 13.7. The largest absolute Gasteiger partial charge is 0.390 e. The molecular formula is C12H22N2O2. The lowest BCUT2D eigenvalue weighted by molar-refractivity contribution is 0.00417. The quantitative estimate of drug-likeness (QED) is 0.711. The molecule has 0 radical (unpaired) electrons. The molecule has 1 aliphatic carbocycles. The van der Waals surface area contributed by atoms with E-state index in [1.165, 1.54) is 12.8 Å². The molecule has 4 heteroatoms. The minimum Gasteiger partial charge on any atom is -0.390 e. The van der Waals surface area contributed by atoms with E-state index in [0.29, 0.717) is 32.0 Å². The highest BCUT2D eigenvalue weighted by Crippen LogP contribution is 2.22. The number of hydrogen-bond acceptors (Lipinski definition) is 2. The molecule has 2 amide bonds. The monoisotopic (exact) mass is 226 g/mol. The van der Waals surface area contributed by atoms with Crippen molar-refractivity contribution >= 4 is 6.03 Å². The Labute approximate surface area is 97.0 Å². The highest BCUT2D eigenvalue weighted by molar-refractivity contribution is 5.74. The molecule has 0 aromatic rings. The molecule has 2 aliphatic rings. The average Bonchev–Trinajstić information content (AvgIpc) is 2.70. The Morgan fingerprint density at radius 3 is 2.44 bits per heavy atom. The first-order valence-corrected chi connectivity index (χ1v) is 6.35. The summed E-state index contributed by atoms with van der Waals surface area (Å²) in [5.74, 6) is 0. The van der Waals surface area contributed by atoms with E-state index in [-0.39, 0.29) is 6.03 Å². The number of carbonyl (C=O) groups excluding carboxylic acids is 1. The number of aliphatic hydroxyl groups is 1. The van der Waals surface area contributed by atoms with E-state index < -0.39 is 5.60 Å². The summed E-state index contributed by atoms with van der Waals surface area (Å²) in [5.41, 5.74) is -0.579. The van der Waals surface area contributed by atoms with Crippen molar-refractivity contribution in [2.24, 2.45) is 0 Å². The maximum Gasteiger partial charge on any atom is 0.317 e. The van der Waals surface area contributed by atoms with Gasteiger partial charge in [0, 0.05) is 19.1 Å². The lowest BCUT2D eigenvalue weighted by Gasteiger charge is -2.36. The third-order valence-corrected chi connectivity index (χ3v) is 3.81. The highest BCUT2D eigenvalue weighted by atomic mass is 16.3. The minimum absolute atomic E-state index is 0.0578. The van der Waals surface area contributed by atoms with Crippen molar-refractivity contribution in [3.8, 4) is 0 Å². The van der Waals surface area contributed by atoms with Gasteiger partial charge in [-0.3, -0.25) is 0 Å². The molecule has 0 aromatic carbocycles. The molecule has 2 rings (SSSR count). The molecule has 0 aromatic heterocycles. The maximum atomic E-state index is 11.9. The summed E-state index contributed by atoms with van der Waals surface area (Å²) < 4.78 is 0. The summed E-state index contributed by atoms with van der Waals surface area (Å²) in [6.07, 6.45) is 6.09. The van der Waals surface area contributed by atoms with Crippen LogP contribution in [0, 0.1) is 0 Å². The second-order valence-electron chi connectivity index (χ2n) is 5.41. The van der Waals surface area contributed by atoms with Crippen LogP contribution >= 0.6 is 0 Å². The fraction of sp³-hybridized carbons (Fsp3) is 0.917. The van der Waals surface area contributed by atoms with Crippen LogP contribution in [0.25, 0.3) is 0 Å². The summed E-state index contributed by atoms with van der Waals surface area (Å²) in [7, 11) is 0. The van der Waals surface area contributed by atoms with Crippen molar-refractivity contribution in [1.82, 2.24) is 10.2 Å². The van der Waals surface area contributed by atoms with E-state index in [0.717, 1.165) is 12.8 Å². The van der Waals surface area contributed by atoms with Gasteiger partial charge in [0.15, 0.2) is 0 Å². The van der Waals surface area contributed by atoms with Gasteiger partial charge in [-0.1, -0.05) is 12.8 Å². The molecule has 0 spiro atoms. The molecule has 1 aliphatic heterocycles. The zero-order valence-electron chi connectivity index (χ0n) is 10.0. The van der Waals surface area contributed by atoms with Gasteiger partial charge >= 0.3 is 6.03 Å². The van der Waals surface area contributed by atoms with Gasteiger partial charge in [0.25, 0.3) is 0 Å². The Morgan fingerprint density at radius 2 is 1.88 bits per heavy atom. The van der Waals surface area contributed by atoms with Crippen LogP contribution in [-0.2, 0) is 0 Å². The number of nitrogens with zero attached hydrogens (tertiary/aromatic N) is 1. The van der Waals surface area contributed by atoms with Gasteiger partial charge in [0.05, 0.1) is 5.60 Å². The smallest absolute Gasteiger partial charge is 0.317 e. The molecule has 0 atom stereocenters. The van der Waals surface area contributed by atoms with Crippen LogP contribution in [0.3, 0.4) is 0 Å². The Kier molecular flexibility index (Phi) is 3.38. The second-order valence-corrected chi connectivity index (χ2v) is 5.41. The predicted molar refractivity (Wildman–Crippen MR) is 62.2 cm³/mol. The number of carbonyl (C=O) groups is 1. The van der Waals surface area contributed by atoms with Crippen LogP contribution in [0.15, 0.2) is 0 Å². The van der Waals surface area contributed by atoms with Crippen molar-refractivity contribution in [2.75, 3.05) is 13.1 Å². The highest BCUT2D eigenvalue weighted by Gasteiger charge is 2.30. The number of amides is 2. The Balaban J connectivity index is 1.77. The molecule has 92 valence electrons. The fourth-order valence-electron chi connectivity index (χ4n) is 2.53. The maximum absolute atomic E-state index is 11.9. The van der Waals surface area contributed by atoms with Crippen LogP contribution in [0.1, 0.15) is 45.4 Å². The summed E-state index contributed by atoms with van der Waals surface area (Å²) in [6, 6.07) is 0.442. The van der Waals surface area contributed by atoms with E-state index in [4.69, 9.17) is 0 Å². The van der Waals surface area contributed by atoms with Gasteiger partial charge in [-0.15, -0.1) is 0 Å². The third-order valence-electron chi connectivity index (χ3n) is 3.81. The molecule has 0 unspecified atom stereocenters. The fourth-order valence-corrected chi connectivity index (χ4v) is 2.53. The number of piperidine rings is 1. The number of rotatable bonds is 1. The number of urea groups is 1. The first-order valence-electron chi connectivity index (χ1n) is 6.35. The van der Waals surface area contributed by atoms with Crippen molar-refractivity contribution in [2.45, 2.75) is 57.1 Å². The van der Waals surface area contributed by atoms with Crippen LogP contribution in [0.2, 0.25) is 0 Å². The first-order chi connectivity index (χ1) is 7.57. The number of nitrogens with one attached hydrogen (secondary N) is 1. The zero-order valence-corrected chi connectivity index (χ0v) is 10.0. The van der Waals surface area contributed by atoms with Gasteiger partial charge < -0.3 is 15.3 Å². The number of likely N-dealkylation sites (tertiary alicyclic amines) is 1. The zero-order chi connectivity index (χ0) is 11.6. The summed E-state index contributed by atoms with van der Waals surface area (Å²) in [6.45, 7) is 3.19. The van der Waals surface area contributed by atoms with Crippen molar-refractivity contribution in [3.05, 3.63) is 0 Å². The molecule has 16 heavy (non-hydrogen) atoms. The second kappa shape index (κ2) is 4.62. The molecular weight excluding hydrogens is 204 g/mol. The Morgan fingerprint density at radius 1 is 1.31 bits per heavy atom. The van der Waals surface area contributed by atoms with Gasteiger partial charge in [-0.25, -0.2) is 4.79 Å². The lowest BCUT2D eigenvalue weighted by Crippen LogP contribution is -2.50. The average molecular weight is 226 g/mol. The molecule has 1 heterocycles. The number of hydrogen-bond donors (Lipinski definition) is 2. The summed E-state index contributed by atoms with van der Waals surface area (Å²) in [5, 5.41) is 12.9. The molecule has 1 saturated carbocycles. The topological polar surface area (TPSA) is 52.6 Å². The first kappa shape index (κ1) is 11.7. The van der Waals surface area contributed by atoms with Crippen LogP contribution < -0.4 is 5.32 Å². The van der Waals surface area contributed by atoms with E-state index >= 15 is 0 Å². The van der Waals surface area contributed by atoms with Gasteiger partial charge in [0.2, 0.25) is 0 Å². The third kappa shape index (κ3) is 2.88. The molecule has 4 nitrogen and oxygen atoms in total. The summed E-state index contributed by atoms with van der Waals surface area (Å²) >= 11 is 0. The minimum atomic E-state index is -0.579. The molecule has 1 saturated heterocycles. The SMILES string of the molecule is CC1(O)CCN(C(=O)NC2CCCC2)CC1. The van der Waals surface area contributed by atoms with Crippen LogP contribution in [0.5, 0.6) is 0 Å². The molecule has 2 fully saturated rings. The standard InChI is InChI=1S/C12H22N2O2/c1-12(16)6-8-14(9-7-12)11(15)13-10-4-2-3-5-10/h10,16H,2-9H2,1H3,(H,13,15). The van der Waals surface area contributed by atoms with E-state index in [9.17, 15) is 9.90 Å². The van der Waals surface area contributed by atoms with Crippen molar-refractivity contribution < 1.29 is 9.90 Å². The normalized spacial score (nSPS) is 25.8. The lowest BCUT2D eigenvalue weighted by atomic mass is 9.94. The van der Waals surface area contributed by atoms with Crippen molar-refractivity contribution in [3.63, 3.8) is 0 Å². The van der Waals surface area contributed by atoms with Gasteiger partial charge in [0.1, 0.15) is 0 Å². The van der Waals surface area contributed by atoms with Crippen molar-refractivity contribution in [1.29, 1.82) is 0 Å². The van der Waals surface area contributed by atoms with Gasteiger partial charge in [-0.05, 0) is 32.6 Å². The Hall–Kier alpha value is -0.770. The Bertz CT molecular complexity index is 250. The molecule has 2 N–H and O–H groups in total. The van der Waals surface area contributed by atoms with E-state index in [1.54, 1.807) is 0 Å². The molecule has 0 bridgehead atoms. The van der Waals surface area contributed by atoms with Crippen LogP contribution in [0.4, 0.5) is 4.79 Å². The van der Waals surface area contributed by atoms with E-state index in [2.05, 4.69) is 5.32 Å².